The van der Waals surface area contributed by atoms with Gasteiger partial charge in [-0.15, -0.1) is 0 Å². The van der Waals surface area contributed by atoms with Crippen molar-refractivity contribution in [3.63, 3.8) is 0 Å². The number of hydrogen-bond acceptors (Lipinski definition) is 0. The number of aromatic nitrogens is 1. The number of nitrogens with zero attached hydrogens (tertiary/aromatic N) is 1. The van der Waals surface area contributed by atoms with Crippen LogP contribution in [0.15, 0.2) is 60.8 Å². The standard InChI is InChI=1S/C16H15N/c1-13-7-8-15-9-10-17(16(15)11-13)12-14-5-3-2-4-6-14/h2-11H,12H2,1H3. The second-order valence-corrected chi connectivity index (χ2v) is 4.49. The molecule has 84 valence electrons. The van der Waals surface area contributed by atoms with Gasteiger partial charge in [0.15, 0.2) is 0 Å². The van der Waals surface area contributed by atoms with Gasteiger partial charge in [0.1, 0.15) is 0 Å². The zero-order valence-electron chi connectivity index (χ0n) is 9.93. The summed E-state index contributed by atoms with van der Waals surface area (Å²) in [5.41, 5.74) is 3.96. The van der Waals surface area contributed by atoms with E-state index in [1.165, 1.54) is 22.0 Å². The maximum absolute atomic E-state index is 2.30. The lowest BCUT2D eigenvalue weighted by molar-refractivity contribution is 0.836. The summed E-state index contributed by atoms with van der Waals surface area (Å²) in [6.45, 7) is 3.08. The SMILES string of the molecule is Cc1ccc2ccn(Cc3ccccc3)c2c1. The highest BCUT2D eigenvalue weighted by Gasteiger charge is 2.01. The predicted molar refractivity (Wildman–Crippen MR) is 72.2 cm³/mol. The Hall–Kier alpha value is -2.02. The Kier molecular flexibility index (Phi) is 2.45. The lowest BCUT2D eigenvalue weighted by atomic mass is 10.2. The fourth-order valence-electron chi connectivity index (χ4n) is 2.21. The molecule has 1 nitrogen and oxygen atoms in total. The summed E-state index contributed by atoms with van der Waals surface area (Å²) in [5.74, 6) is 0. The lowest BCUT2D eigenvalue weighted by Crippen LogP contribution is -1.97. The molecule has 0 amide bonds. The third kappa shape index (κ3) is 1.96. The van der Waals surface area contributed by atoms with Crippen molar-refractivity contribution >= 4 is 10.9 Å². The fraction of sp³-hybridized carbons (Fsp3) is 0.125. The van der Waals surface area contributed by atoms with Gasteiger partial charge >= 0.3 is 0 Å². The molecule has 0 aliphatic carbocycles. The summed E-state index contributed by atoms with van der Waals surface area (Å²) in [5, 5.41) is 1.31. The van der Waals surface area contributed by atoms with E-state index in [1.807, 2.05) is 0 Å². The molecule has 0 aliphatic rings. The Labute approximate surface area is 101 Å². The van der Waals surface area contributed by atoms with E-state index >= 15 is 0 Å². The van der Waals surface area contributed by atoms with E-state index in [0.29, 0.717) is 0 Å². The van der Waals surface area contributed by atoms with Crippen LogP contribution in [0.1, 0.15) is 11.1 Å². The molecule has 0 saturated heterocycles. The zero-order chi connectivity index (χ0) is 11.7. The molecule has 0 bridgehead atoms. The molecule has 0 fully saturated rings. The first kappa shape index (κ1) is 10.2. The van der Waals surface area contributed by atoms with Gasteiger partial charge in [0.2, 0.25) is 0 Å². The maximum atomic E-state index is 2.30. The monoisotopic (exact) mass is 221 g/mol. The van der Waals surface area contributed by atoms with Crippen molar-refractivity contribution in [3.8, 4) is 0 Å². The number of benzene rings is 2. The Morgan fingerprint density at radius 1 is 0.941 bits per heavy atom. The molecule has 0 N–H and O–H groups in total. The molecule has 2 aromatic carbocycles. The van der Waals surface area contributed by atoms with E-state index in [4.69, 9.17) is 0 Å². The largest absolute Gasteiger partial charge is 0.343 e. The highest BCUT2D eigenvalue weighted by molar-refractivity contribution is 5.80. The van der Waals surface area contributed by atoms with Crippen molar-refractivity contribution in [1.29, 1.82) is 0 Å². The molecule has 1 heterocycles. The Bertz CT molecular complexity index is 635. The van der Waals surface area contributed by atoms with Crippen LogP contribution < -0.4 is 0 Å². The lowest BCUT2D eigenvalue weighted by Gasteiger charge is -2.06. The van der Waals surface area contributed by atoms with Crippen molar-refractivity contribution in [2.45, 2.75) is 13.5 Å². The minimum atomic E-state index is 0.938. The van der Waals surface area contributed by atoms with Crippen molar-refractivity contribution < 1.29 is 0 Å². The van der Waals surface area contributed by atoms with Crippen LogP contribution in [-0.4, -0.2) is 4.57 Å². The van der Waals surface area contributed by atoms with E-state index < -0.39 is 0 Å². The first-order chi connectivity index (χ1) is 8.33. The van der Waals surface area contributed by atoms with Gasteiger partial charge in [-0.25, -0.2) is 0 Å². The van der Waals surface area contributed by atoms with Crippen molar-refractivity contribution in [3.05, 3.63) is 71.9 Å². The minimum absolute atomic E-state index is 0.938. The summed E-state index contributed by atoms with van der Waals surface area (Å²) >= 11 is 0. The molecular weight excluding hydrogens is 206 g/mol. The van der Waals surface area contributed by atoms with Crippen LogP contribution in [0.3, 0.4) is 0 Å². The molecule has 0 spiro atoms. The van der Waals surface area contributed by atoms with Crippen LogP contribution in [0.4, 0.5) is 0 Å². The summed E-state index contributed by atoms with van der Waals surface area (Å²) in [6, 6.07) is 19.3. The third-order valence-corrected chi connectivity index (χ3v) is 3.13. The smallest absolute Gasteiger partial charge is 0.0486 e. The molecule has 0 radical (unpaired) electrons. The average Bonchev–Trinajstić information content (AvgIpc) is 2.73. The van der Waals surface area contributed by atoms with Crippen molar-refractivity contribution in [1.82, 2.24) is 4.57 Å². The van der Waals surface area contributed by atoms with Crippen molar-refractivity contribution in [2.75, 3.05) is 0 Å². The molecule has 0 saturated carbocycles. The summed E-state index contributed by atoms with van der Waals surface area (Å²) in [7, 11) is 0. The van der Waals surface area contributed by atoms with Crippen LogP contribution in [0.5, 0.6) is 0 Å². The number of fused-ring (bicyclic) bond motifs is 1. The minimum Gasteiger partial charge on any atom is -0.343 e. The summed E-state index contributed by atoms with van der Waals surface area (Å²) in [6.07, 6.45) is 2.16. The van der Waals surface area contributed by atoms with Gasteiger partial charge in [-0.1, -0.05) is 42.5 Å². The van der Waals surface area contributed by atoms with Crippen LogP contribution in [-0.2, 0) is 6.54 Å². The second-order valence-electron chi connectivity index (χ2n) is 4.49. The van der Waals surface area contributed by atoms with Gasteiger partial charge in [-0.3, -0.25) is 0 Å². The summed E-state index contributed by atoms with van der Waals surface area (Å²) in [4.78, 5) is 0. The number of hydrogen-bond donors (Lipinski definition) is 0. The normalized spacial score (nSPS) is 10.9. The molecule has 1 aromatic heterocycles. The quantitative estimate of drug-likeness (QED) is 0.616. The van der Waals surface area contributed by atoms with Gasteiger partial charge in [0.05, 0.1) is 0 Å². The topological polar surface area (TPSA) is 4.93 Å². The Morgan fingerprint density at radius 3 is 2.59 bits per heavy atom. The number of rotatable bonds is 2. The number of aryl methyl sites for hydroxylation is 1. The third-order valence-electron chi connectivity index (χ3n) is 3.13. The van der Waals surface area contributed by atoms with Gasteiger partial charge in [0.25, 0.3) is 0 Å². The van der Waals surface area contributed by atoms with E-state index in [1.54, 1.807) is 0 Å². The second kappa shape index (κ2) is 4.10. The van der Waals surface area contributed by atoms with E-state index in [9.17, 15) is 0 Å². The molecule has 1 heteroatoms. The first-order valence-electron chi connectivity index (χ1n) is 5.92. The van der Waals surface area contributed by atoms with E-state index in [-0.39, 0.29) is 0 Å². The highest BCUT2D eigenvalue weighted by Crippen LogP contribution is 2.18. The molecule has 3 rings (SSSR count). The predicted octanol–water partition coefficient (Wildman–Crippen LogP) is 4.00. The zero-order valence-corrected chi connectivity index (χ0v) is 9.93. The maximum Gasteiger partial charge on any atom is 0.0486 e. The fourth-order valence-corrected chi connectivity index (χ4v) is 2.21. The summed E-state index contributed by atoms with van der Waals surface area (Å²) < 4.78 is 2.30. The van der Waals surface area contributed by atoms with E-state index in [0.717, 1.165) is 6.54 Å². The first-order valence-corrected chi connectivity index (χ1v) is 5.92. The molecule has 0 atom stereocenters. The highest BCUT2D eigenvalue weighted by atomic mass is 14.9. The molecule has 0 aliphatic heterocycles. The molecule has 0 unspecified atom stereocenters. The van der Waals surface area contributed by atoms with Crippen LogP contribution >= 0.6 is 0 Å². The van der Waals surface area contributed by atoms with Gasteiger partial charge < -0.3 is 4.57 Å². The molecular formula is C16H15N. The van der Waals surface area contributed by atoms with Gasteiger partial charge in [-0.2, -0.15) is 0 Å². The van der Waals surface area contributed by atoms with Gasteiger partial charge in [0, 0.05) is 18.3 Å². The van der Waals surface area contributed by atoms with Gasteiger partial charge in [-0.05, 0) is 35.6 Å². The Balaban J connectivity index is 2.03. The molecule has 3 aromatic rings. The van der Waals surface area contributed by atoms with Crippen LogP contribution in [0.25, 0.3) is 10.9 Å². The molecule has 17 heavy (non-hydrogen) atoms. The average molecular weight is 221 g/mol. The van der Waals surface area contributed by atoms with Crippen LogP contribution in [0.2, 0.25) is 0 Å². The Morgan fingerprint density at radius 2 is 1.76 bits per heavy atom. The van der Waals surface area contributed by atoms with E-state index in [2.05, 4.69) is 72.3 Å². The van der Waals surface area contributed by atoms with Crippen LogP contribution in [0, 0.1) is 6.92 Å². The van der Waals surface area contributed by atoms with Crippen molar-refractivity contribution in [2.24, 2.45) is 0 Å².